The Balaban J connectivity index is 1.53. The normalized spacial score (nSPS) is 14.0. The summed E-state index contributed by atoms with van der Waals surface area (Å²) in [7, 11) is 0. The third-order valence-electron chi connectivity index (χ3n) is 4.40. The average molecular weight is 357 g/mol. The number of ether oxygens (including phenoxy) is 1. The van der Waals surface area contributed by atoms with Gasteiger partial charge in [0.05, 0.1) is 6.04 Å². The molecule has 0 aliphatic heterocycles. The number of nitrogens with one attached hydrogen (secondary N) is 1. The highest BCUT2D eigenvalue weighted by molar-refractivity contribution is 7.14. The molecule has 1 aromatic carbocycles. The van der Waals surface area contributed by atoms with E-state index in [1.807, 2.05) is 36.4 Å². The van der Waals surface area contributed by atoms with E-state index in [4.69, 9.17) is 4.74 Å². The van der Waals surface area contributed by atoms with Crippen LogP contribution in [0.25, 0.3) is 0 Å². The first kappa shape index (κ1) is 17.7. The lowest BCUT2D eigenvalue weighted by atomic mass is 10.0. The average Bonchev–Trinajstić information content (AvgIpc) is 3.22. The van der Waals surface area contributed by atoms with Crippen LogP contribution in [0.3, 0.4) is 0 Å². The van der Waals surface area contributed by atoms with Gasteiger partial charge in [0.25, 0.3) is 5.91 Å². The first-order chi connectivity index (χ1) is 12.2. The Kier molecular flexibility index (Phi) is 5.87. The maximum atomic E-state index is 12.2. The summed E-state index contributed by atoms with van der Waals surface area (Å²) >= 11 is 1.49. The van der Waals surface area contributed by atoms with Crippen molar-refractivity contribution >= 4 is 23.2 Å². The third kappa shape index (κ3) is 4.48. The molecular weight excluding hydrogens is 334 g/mol. The molecule has 2 aromatic rings. The van der Waals surface area contributed by atoms with Gasteiger partial charge in [-0.25, -0.2) is 4.79 Å². The van der Waals surface area contributed by atoms with Crippen LogP contribution in [-0.4, -0.2) is 18.5 Å². The lowest BCUT2D eigenvalue weighted by molar-refractivity contribution is -0.125. The second-order valence-electron chi connectivity index (χ2n) is 6.31. The van der Waals surface area contributed by atoms with Crippen molar-refractivity contribution in [2.45, 2.75) is 45.1 Å². The number of fused-ring (bicyclic) bond motifs is 1. The van der Waals surface area contributed by atoms with Crippen LogP contribution in [0.4, 0.5) is 0 Å². The van der Waals surface area contributed by atoms with Crippen LogP contribution in [0.2, 0.25) is 0 Å². The largest absolute Gasteiger partial charge is 0.451 e. The smallest absolute Gasteiger partial charge is 0.348 e. The molecule has 0 saturated heterocycles. The van der Waals surface area contributed by atoms with Crippen molar-refractivity contribution in [3.8, 4) is 0 Å². The van der Waals surface area contributed by atoms with Crippen molar-refractivity contribution in [3.63, 3.8) is 0 Å². The summed E-state index contributed by atoms with van der Waals surface area (Å²) in [4.78, 5) is 26.2. The number of carbonyl (C=O) groups is 2. The molecule has 5 heteroatoms. The number of carbonyl (C=O) groups excluding carboxylic acids is 2. The van der Waals surface area contributed by atoms with Gasteiger partial charge in [-0.1, -0.05) is 43.7 Å². The van der Waals surface area contributed by atoms with Crippen LogP contribution in [0.1, 0.15) is 57.9 Å². The molecule has 0 fully saturated rings. The Labute approximate surface area is 152 Å². The minimum absolute atomic E-state index is 0.0528. The Hall–Kier alpha value is -2.14. The van der Waals surface area contributed by atoms with Crippen molar-refractivity contribution in [2.24, 2.45) is 0 Å². The summed E-state index contributed by atoms with van der Waals surface area (Å²) < 4.78 is 5.20. The van der Waals surface area contributed by atoms with Crippen LogP contribution < -0.4 is 5.32 Å². The molecule has 25 heavy (non-hydrogen) atoms. The van der Waals surface area contributed by atoms with Crippen LogP contribution in [0.5, 0.6) is 0 Å². The van der Waals surface area contributed by atoms with E-state index in [2.05, 4.69) is 12.2 Å². The number of rotatable bonds is 7. The zero-order chi connectivity index (χ0) is 17.6. The Morgan fingerprint density at radius 2 is 2.04 bits per heavy atom. The maximum absolute atomic E-state index is 12.2. The minimum atomic E-state index is -0.402. The van der Waals surface area contributed by atoms with Crippen molar-refractivity contribution in [1.82, 2.24) is 5.32 Å². The molecule has 1 aromatic heterocycles. The number of thiophene rings is 1. The molecule has 132 valence electrons. The first-order valence-electron chi connectivity index (χ1n) is 8.80. The van der Waals surface area contributed by atoms with Gasteiger partial charge >= 0.3 is 5.97 Å². The summed E-state index contributed by atoms with van der Waals surface area (Å²) in [6, 6.07) is 11.7. The lowest BCUT2D eigenvalue weighted by Gasteiger charge is -2.18. The number of hydrogen-bond donors (Lipinski definition) is 1. The highest BCUT2D eigenvalue weighted by Gasteiger charge is 2.20. The van der Waals surface area contributed by atoms with Crippen molar-refractivity contribution < 1.29 is 14.3 Å². The van der Waals surface area contributed by atoms with Gasteiger partial charge in [0.15, 0.2) is 6.61 Å². The predicted molar refractivity (Wildman–Crippen MR) is 98.9 cm³/mol. The quantitative estimate of drug-likeness (QED) is 0.761. The Morgan fingerprint density at radius 3 is 2.76 bits per heavy atom. The van der Waals surface area contributed by atoms with Crippen LogP contribution in [0.15, 0.2) is 36.4 Å². The highest BCUT2D eigenvalue weighted by atomic mass is 32.1. The van der Waals surface area contributed by atoms with Crippen LogP contribution >= 0.6 is 11.3 Å². The van der Waals surface area contributed by atoms with Gasteiger partial charge < -0.3 is 10.1 Å². The van der Waals surface area contributed by atoms with Gasteiger partial charge in [-0.2, -0.15) is 0 Å². The molecule has 1 amide bonds. The third-order valence-corrected chi connectivity index (χ3v) is 5.61. The number of esters is 1. The molecule has 1 aliphatic rings. The molecule has 0 spiro atoms. The SMILES string of the molecule is CCC[C@H](NC(=O)COC(=O)c1cc2c(s1)CCC2)c1ccccc1. The number of amides is 1. The molecule has 3 rings (SSSR count). The van der Waals surface area contributed by atoms with Crippen LogP contribution in [0, 0.1) is 0 Å². The van der Waals surface area contributed by atoms with E-state index >= 15 is 0 Å². The van der Waals surface area contributed by atoms with E-state index in [-0.39, 0.29) is 18.6 Å². The molecular formula is C20H23NO3S. The topological polar surface area (TPSA) is 55.4 Å². The van der Waals surface area contributed by atoms with Gasteiger partial charge in [-0.3, -0.25) is 4.79 Å². The van der Waals surface area contributed by atoms with Crippen molar-refractivity contribution in [1.29, 1.82) is 0 Å². The molecule has 1 atom stereocenters. The number of aryl methyl sites for hydroxylation is 2. The lowest BCUT2D eigenvalue weighted by Crippen LogP contribution is -2.32. The van der Waals surface area contributed by atoms with Crippen molar-refractivity contribution in [3.05, 3.63) is 57.3 Å². The second kappa shape index (κ2) is 8.30. The molecule has 4 nitrogen and oxygen atoms in total. The monoisotopic (exact) mass is 357 g/mol. The fourth-order valence-electron chi connectivity index (χ4n) is 3.16. The van der Waals surface area contributed by atoms with Crippen molar-refractivity contribution in [2.75, 3.05) is 6.61 Å². The summed E-state index contributed by atoms with van der Waals surface area (Å²) in [5.74, 6) is -0.666. The first-order valence-corrected chi connectivity index (χ1v) is 9.62. The summed E-state index contributed by atoms with van der Waals surface area (Å²) in [5.41, 5.74) is 2.33. The van der Waals surface area contributed by atoms with Gasteiger partial charge in [-0.05, 0) is 42.9 Å². The zero-order valence-electron chi connectivity index (χ0n) is 14.4. The maximum Gasteiger partial charge on any atom is 0.348 e. The van der Waals surface area contributed by atoms with Gasteiger partial charge in [0.2, 0.25) is 0 Å². The minimum Gasteiger partial charge on any atom is -0.451 e. The predicted octanol–water partition coefficient (Wildman–Crippen LogP) is 4.05. The standard InChI is InChI=1S/C20H23NO3S/c1-2-7-16(14-8-4-3-5-9-14)21-19(22)13-24-20(23)18-12-15-10-6-11-17(15)25-18/h3-5,8-9,12,16H,2,6-7,10-11,13H2,1H3,(H,21,22)/t16-/m0/s1. The van der Waals surface area contributed by atoms with E-state index in [9.17, 15) is 9.59 Å². The van der Waals surface area contributed by atoms with E-state index in [0.29, 0.717) is 4.88 Å². The Bertz CT molecular complexity index is 717. The fraction of sp³-hybridized carbons (Fsp3) is 0.400. The van der Waals surface area contributed by atoms with E-state index in [0.717, 1.165) is 37.7 Å². The molecule has 1 heterocycles. The Morgan fingerprint density at radius 1 is 1.24 bits per heavy atom. The summed E-state index contributed by atoms with van der Waals surface area (Å²) in [6.07, 6.45) is 5.05. The fourth-order valence-corrected chi connectivity index (χ4v) is 4.31. The zero-order valence-corrected chi connectivity index (χ0v) is 15.2. The summed E-state index contributed by atoms with van der Waals surface area (Å²) in [6.45, 7) is 1.84. The van der Waals surface area contributed by atoms with E-state index < -0.39 is 5.97 Å². The molecule has 0 bridgehead atoms. The van der Waals surface area contributed by atoms with Gasteiger partial charge in [0.1, 0.15) is 4.88 Å². The molecule has 0 unspecified atom stereocenters. The van der Waals surface area contributed by atoms with Gasteiger partial charge in [-0.15, -0.1) is 11.3 Å². The number of hydrogen-bond acceptors (Lipinski definition) is 4. The number of benzene rings is 1. The highest BCUT2D eigenvalue weighted by Crippen LogP contribution is 2.30. The summed E-state index contributed by atoms with van der Waals surface area (Å²) in [5, 5.41) is 2.97. The van der Waals surface area contributed by atoms with Gasteiger partial charge in [0, 0.05) is 4.88 Å². The van der Waals surface area contributed by atoms with E-state index in [1.54, 1.807) is 0 Å². The molecule has 1 aliphatic carbocycles. The molecule has 0 saturated carbocycles. The second-order valence-corrected chi connectivity index (χ2v) is 7.44. The van der Waals surface area contributed by atoms with E-state index in [1.165, 1.54) is 21.8 Å². The molecule has 0 radical (unpaired) electrons. The van der Waals surface area contributed by atoms with Crippen LogP contribution in [-0.2, 0) is 22.4 Å². The molecule has 1 N–H and O–H groups in total.